The molecule has 0 rings (SSSR count). The lowest BCUT2D eigenvalue weighted by Gasteiger charge is -2.20. The Hall–Kier alpha value is -0.810. The molecule has 0 aliphatic rings. The van der Waals surface area contributed by atoms with Crippen LogP contribution in [-0.4, -0.2) is 42.7 Å². The van der Waals surface area contributed by atoms with Gasteiger partial charge in [-0.3, -0.25) is 0 Å². The maximum atomic E-state index is 11.2. The Kier molecular flexibility index (Phi) is 7.08. The molecule has 0 heterocycles. The Morgan fingerprint density at radius 2 is 2.06 bits per heavy atom. The number of carbonyl (C=O) groups excluding carboxylic acids is 1. The van der Waals surface area contributed by atoms with Gasteiger partial charge in [-0.05, 0) is 34.1 Å². The first kappa shape index (κ1) is 15.2. The number of aliphatic hydroxyl groups excluding tert-OH is 1. The van der Waals surface area contributed by atoms with Crippen molar-refractivity contribution in [3.05, 3.63) is 0 Å². The molecule has 0 fully saturated rings. The number of alkyl carbamates (subject to hydrolysis) is 1. The predicted octanol–water partition coefficient (Wildman–Crippen LogP) is 1.30. The van der Waals surface area contributed by atoms with E-state index in [1.807, 2.05) is 27.7 Å². The second-order valence-corrected chi connectivity index (χ2v) is 4.62. The fourth-order valence-electron chi connectivity index (χ4n) is 0.993. The van der Waals surface area contributed by atoms with Gasteiger partial charge in [0.05, 0.1) is 12.7 Å². The molecule has 5 heteroatoms. The third-order valence-electron chi connectivity index (χ3n) is 1.71. The van der Waals surface area contributed by atoms with E-state index in [1.54, 1.807) is 0 Å². The van der Waals surface area contributed by atoms with Gasteiger partial charge in [-0.1, -0.05) is 0 Å². The van der Waals surface area contributed by atoms with Gasteiger partial charge < -0.3 is 19.9 Å². The zero-order valence-electron chi connectivity index (χ0n) is 10.6. The molecule has 0 radical (unpaired) electrons. The Morgan fingerprint density at radius 1 is 1.44 bits per heavy atom. The minimum Gasteiger partial charge on any atom is -0.444 e. The number of ether oxygens (including phenoxy) is 2. The van der Waals surface area contributed by atoms with E-state index in [9.17, 15) is 4.79 Å². The smallest absolute Gasteiger partial charge is 0.407 e. The molecular weight excluding hydrogens is 210 g/mol. The molecule has 96 valence electrons. The third kappa shape index (κ3) is 9.73. The molecule has 0 saturated carbocycles. The normalized spacial score (nSPS) is 13.3. The molecule has 0 bridgehead atoms. The first-order valence-electron chi connectivity index (χ1n) is 5.54. The predicted molar refractivity (Wildman–Crippen MR) is 61.4 cm³/mol. The van der Waals surface area contributed by atoms with Gasteiger partial charge in [0.2, 0.25) is 0 Å². The highest BCUT2D eigenvalue weighted by molar-refractivity contribution is 5.67. The van der Waals surface area contributed by atoms with Crippen molar-refractivity contribution in [1.29, 1.82) is 0 Å². The highest BCUT2D eigenvalue weighted by atomic mass is 16.6. The van der Waals surface area contributed by atoms with E-state index in [1.165, 1.54) is 0 Å². The SMILES string of the molecule is CC(CCO)OCCNC(=O)OC(C)(C)C. The number of hydrogen-bond donors (Lipinski definition) is 2. The van der Waals surface area contributed by atoms with E-state index < -0.39 is 11.7 Å². The highest BCUT2D eigenvalue weighted by Gasteiger charge is 2.15. The topological polar surface area (TPSA) is 67.8 Å². The first-order chi connectivity index (χ1) is 7.35. The van der Waals surface area contributed by atoms with E-state index in [0.29, 0.717) is 19.6 Å². The van der Waals surface area contributed by atoms with Crippen molar-refractivity contribution >= 4 is 6.09 Å². The lowest BCUT2D eigenvalue weighted by Crippen LogP contribution is -2.34. The Balaban J connectivity index is 3.48. The number of hydrogen-bond acceptors (Lipinski definition) is 4. The van der Waals surface area contributed by atoms with Gasteiger partial charge in [0.15, 0.2) is 0 Å². The van der Waals surface area contributed by atoms with E-state index in [-0.39, 0.29) is 12.7 Å². The van der Waals surface area contributed by atoms with Crippen LogP contribution >= 0.6 is 0 Å². The van der Waals surface area contributed by atoms with Gasteiger partial charge >= 0.3 is 6.09 Å². The van der Waals surface area contributed by atoms with Crippen molar-refractivity contribution < 1.29 is 19.4 Å². The van der Waals surface area contributed by atoms with E-state index >= 15 is 0 Å². The van der Waals surface area contributed by atoms with Crippen molar-refractivity contribution in [3.8, 4) is 0 Å². The van der Waals surface area contributed by atoms with Crippen LogP contribution in [0.25, 0.3) is 0 Å². The molecule has 0 aromatic rings. The monoisotopic (exact) mass is 233 g/mol. The van der Waals surface area contributed by atoms with Crippen LogP contribution in [-0.2, 0) is 9.47 Å². The van der Waals surface area contributed by atoms with E-state index in [4.69, 9.17) is 14.6 Å². The number of carbonyl (C=O) groups is 1. The second kappa shape index (κ2) is 7.46. The Morgan fingerprint density at radius 3 is 2.56 bits per heavy atom. The van der Waals surface area contributed by atoms with Crippen LogP contribution in [0, 0.1) is 0 Å². The molecule has 0 spiro atoms. The molecule has 0 saturated heterocycles. The standard InChI is InChI=1S/C11H23NO4/c1-9(5-7-13)15-8-6-12-10(14)16-11(2,3)4/h9,13H,5-8H2,1-4H3,(H,12,14). The van der Waals surface area contributed by atoms with Crippen LogP contribution < -0.4 is 5.32 Å². The molecule has 16 heavy (non-hydrogen) atoms. The van der Waals surface area contributed by atoms with Crippen LogP contribution in [0.1, 0.15) is 34.1 Å². The summed E-state index contributed by atoms with van der Waals surface area (Å²) in [6, 6.07) is 0. The molecule has 1 amide bonds. The first-order valence-corrected chi connectivity index (χ1v) is 5.54. The van der Waals surface area contributed by atoms with Crippen LogP contribution in [0.3, 0.4) is 0 Å². The quantitative estimate of drug-likeness (QED) is 0.678. The molecule has 0 aromatic heterocycles. The largest absolute Gasteiger partial charge is 0.444 e. The summed E-state index contributed by atoms with van der Waals surface area (Å²) in [6.45, 7) is 8.25. The summed E-state index contributed by atoms with van der Waals surface area (Å²) in [6.07, 6.45) is 0.170. The van der Waals surface area contributed by atoms with Crippen molar-refractivity contribution in [3.63, 3.8) is 0 Å². The summed E-state index contributed by atoms with van der Waals surface area (Å²) in [5, 5.41) is 11.2. The van der Waals surface area contributed by atoms with Gasteiger partial charge in [0, 0.05) is 13.2 Å². The Labute approximate surface area is 97.1 Å². The van der Waals surface area contributed by atoms with E-state index in [0.717, 1.165) is 0 Å². The molecule has 0 aromatic carbocycles. The zero-order valence-corrected chi connectivity index (χ0v) is 10.6. The van der Waals surface area contributed by atoms with Crippen LogP contribution in [0.2, 0.25) is 0 Å². The number of amides is 1. The molecule has 1 unspecified atom stereocenters. The summed E-state index contributed by atoms with van der Waals surface area (Å²) in [5.74, 6) is 0. The van der Waals surface area contributed by atoms with Gasteiger partial charge in [-0.25, -0.2) is 4.79 Å². The minimum atomic E-state index is -0.477. The van der Waals surface area contributed by atoms with Crippen molar-refractivity contribution in [1.82, 2.24) is 5.32 Å². The summed E-state index contributed by atoms with van der Waals surface area (Å²) in [4.78, 5) is 11.2. The number of aliphatic hydroxyl groups is 1. The summed E-state index contributed by atoms with van der Waals surface area (Å²) in [5.41, 5.74) is -0.477. The van der Waals surface area contributed by atoms with Gasteiger partial charge in [0.1, 0.15) is 5.60 Å². The van der Waals surface area contributed by atoms with Crippen molar-refractivity contribution in [2.45, 2.75) is 45.8 Å². The average Bonchev–Trinajstić information content (AvgIpc) is 2.10. The molecule has 0 aliphatic carbocycles. The molecule has 5 nitrogen and oxygen atoms in total. The maximum Gasteiger partial charge on any atom is 0.407 e. The number of rotatable bonds is 6. The van der Waals surface area contributed by atoms with Gasteiger partial charge in [-0.15, -0.1) is 0 Å². The van der Waals surface area contributed by atoms with Gasteiger partial charge in [0.25, 0.3) is 0 Å². The van der Waals surface area contributed by atoms with Crippen molar-refractivity contribution in [2.75, 3.05) is 19.8 Å². The lowest BCUT2D eigenvalue weighted by atomic mass is 10.2. The molecule has 0 aliphatic heterocycles. The second-order valence-electron chi connectivity index (χ2n) is 4.62. The van der Waals surface area contributed by atoms with Crippen molar-refractivity contribution in [2.24, 2.45) is 0 Å². The third-order valence-corrected chi connectivity index (χ3v) is 1.71. The number of nitrogens with one attached hydrogen (secondary N) is 1. The Bertz CT molecular complexity index is 201. The fraction of sp³-hybridized carbons (Fsp3) is 0.909. The van der Waals surface area contributed by atoms with Crippen LogP contribution in [0.5, 0.6) is 0 Å². The average molecular weight is 233 g/mol. The van der Waals surface area contributed by atoms with Gasteiger partial charge in [-0.2, -0.15) is 0 Å². The fourth-order valence-corrected chi connectivity index (χ4v) is 0.993. The minimum absolute atomic E-state index is 0.00503. The molecule has 1 atom stereocenters. The lowest BCUT2D eigenvalue weighted by molar-refractivity contribution is 0.0370. The van der Waals surface area contributed by atoms with E-state index in [2.05, 4.69) is 5.32 Å². The summed E-state index contributed by atoms with van der Waals surface area (Å²) < 4.78 is 10.4. The maximum absolute atomic E-state index is 11.2. The summed E-state index contributed by atoms with van der Waals surface area (Å²) in [7, 11) is 0. The molecular formula is C11H23NO4. The molecule has 2 N–H and O–H groups in total. The zero-order chi connectivity index (χ0) is 12.6. The summed E-state index contributed by atoms with van der Waals surface area (Å²) >= 11 is 0. The van der Waals surface area contributed by atoms with Crippen LogP contribution in [0.15, 0.2) is 0 Å². The highest BCUT2D eigenvalue weighted by Crippen LogP contribution is 2.06. The van der Waals surface area contributed by atoms with Crippen LogP contribution in [0.4, 0.5) is 4.79 Å².